The van der Waals surface area contributed by atoms with Gasteiger partial charge in [0, 0.05) is 11.3 Å². The number of rotatable bonds is 6. The molecule has 0 aliphatic rings. The molecule has 2 rings (SSSR count). The number of thioether (sulfide) groups is 1. The molecule has 0 saturated heterocycles. The maximum absolute atomic E-state index is 4.37. The van der Waals surface area contributed by atoms with Crippen molar-refractivity contribution in [3.63, 3.8) is 0 Å². The van der Waals surface area contributed by atoms with Crippen LogP contribution in [0.2, 0.25) is 0 Å². The minimum atomic E-state index is 0.296. The first-order valence-electron chi connectivity index (χ1n) is 6.95. The zero-order chi connectivity index (χ0) is 14.5. The molecule has 1 aromatic heterocycles. The Morgan fingerprint density at radius 2 is 1.95 bits per heavy atom. The summed E-state index contributed by atoms with van der Waals surface area (Å²) in [5.41, 5.74) is 2.60. The second-order valence-corrected chi connectivity index (χ2v) is 6.32. The standard InChI is InChI=1S/C15H22N4S/c1-5-16-14(13-8-6-10(2)7-9-13)11(3)20-15-17-12(4)18-19-15/h6-9,11,14,16H,5H2,1-4H3,(H,17,18,19). The molecule has 1 heterocycles. The fourth-order valence-electron chi connectivity index (χ4n) is 2.16. The van der Waals surface area contributed by atoms with Crippen molar-refractivity contribution in [2.45, 2.75) is 44.1 Å². The Bertz CT molecular complexity index is 535. The summed E-state index contributed by atoms with van der Waals surface area (Å²) in [5, 5.41) is 11.8. The van der Waals surface area contributed by atoms with Crippen molar-refractivity contribution in [2.75, 3.05) is 6.54 Å². The van der Waals surface area contributed by atoms with E-state index in [4.69, 9.17) is 0 Å². The Kier molecular flexibility index (Phi) is 5.20. The first-order chi connectivity index (χ1) is 9.60. The summed E-state index contributed by atoms with van der Waals surface area (Å²) in [7, 11) is 0. The van der Waals surface area contributed by atoms with Crippen LogP contribution in [0.15, 0.2) is 29.4 Å². The van der Waals surface area contributed by atoms with Gasteiger partial charge in [-0.1, -0.05) is 55.4 Å². The molecule has 20 heavy (non-hydrogen) atoms. The van der Waals surface area contributed by atoms with Gasteiger partial charge in [0.1, 0.15) is 5.82 Å². The summed E-state index contributed by atoms with van der Waals surface area (Å²) in [6.45, 7) is 9.32. The van der Waals surface area contributed by atoms with Gasteiger partial charge in [-0.15, -0.1) is 5.10 Å². The van der Waals surface area contributed by atoms with Crippen LogP contribution in [0.4, 0.5) is 0 Å². The molecule has 0 bridgehead atoms. The SMILES string of the molecule is CCNC(c1ccc(C)cc1)C(C)Sc1n[nH]c(C)n1. The molecule has 0 radical (unpaired) electrons. The van der Waals surface area contributed by atoms with Crippen LogP contribution in [0, 0.1) is 13.8 Å². The van der Waals surface area contributed by atoms with E-state index in [0.29, 0.717) is 11.3 Å². The van der Waals surface area contributed by atoms with Gasteiger partial charge in [0.25, 0.3) is 0 Å². The Hall–Kier alpha value is -1.33. The highest BCUT2D eigenvalue weighted by molar-refractivity contribution is 7.99. The summed E-state index contributed by atoms with van der Waals surface area (Å²) >= 11 is 1.70. The van der Waals surface area contributed by atoms with Crippen molar-refractivity contribution in [2.24, 2.45) is 0 Å². The summed E-state index contributed by atoms with van der Waals surface area (Å²) in [4.78, 5) is 4.37. The summed E-state index contributed by atoms with van der Waals surface area (Å²) < 4.78 is 0. The number of H-pyrrole nitrogens is 1. The molecule has 2 atom stereocenters. The van der Waals surface area contributed by atoms with Crippen LogP contribution < -0.4 is 5.32 Å². The molecule has 2 unspecified atom stereocenters. The number of nitrogens with zero attached hydrogens (tertiary/aromatic N) is 2. The van der Waals surface area contributed by atoms with Gasteiger partial charge in [-0.2, -0.15) is 0 Å². The molecule has 5 heteroatoms. The first kappa shape index (κ1) is 15.1. The third-order valence-corrected chi connectivity index (χ3v) is 4.24. The van der Waals surface area contributed by atoms with E-state index in [1.165, 1.54) is 11.1 Å². The van der Waals surface area contributed by atoms with Crippen LogP contribution in [0.25, 0.3) is 0 Å². The Morgan fingerprint density at radius 1 is 1.25 bits per heavy atom. The number of aromatic amines is 1. The molecule has 0 aliphatic heterocycles. The van der Waals surface area contributed by atoms with Gasteiger partial charge >= 0.3 is 0 Å². The highest BCUT2D eigenvalue weighted by Crippen LogP contribution is 2.30. The minimum absolute atomic E-state index is 0.296. The van der Waals surface area contributed by atoms with E-state index in [-0.39, 0.29) is 0 Å². The minimum Gasteiger partial charge on any atom is -0.309 e. The molecule has 2 aromatic rings. The largest absolute Gasteiger partial charge is 0.309 e. The molecule has 0 saturated carbocycles. The highest BCUT2D eigenvalue weighted by atomic mass is 32.2. The second-order valence-electron chi connectivity index (χ2n) is 4.97. The lowest BCUT2D eigenvalue weighted by atomic mass is 10.0. The van der Waals surface area contributed by atoms with Crippen molar-refractivity contribution < 1.29 is 0 Å². The van der Waals surface area contributed by atoms with E-state index in [1.807, 2.05) is 6.92 Å². The fraction of sp³-hybridized carbons (Fsp3) is 0.467. The summed E-state index contributed by atoms with van der Waals surface area (Å²) in [6.07, 6.45) is 0. The zero-order valence-electron chi connectivity index (χ0n) is 12.5. The molecule has 0 amide bonds. The van der Waals surface area contributed by atoms with Gasteiger partial charge in [0.05, 0.1) is 0 Å². The third-order valence-electron chi connectivity index (χ3n) is 3.20. The van der Waals surface area contributed by atoms with E-state index in [9.17, 15) is 0 Å². The van der Waals surface area contributed by atoms with E-state index in [1.54, 1.807) is 11.8 Å². The number of hydrogen-bond donors (Lipinski definition) is 2. The zero-order valence-corrected chi connectivity index (χ0v) is 13.3. The van der Waals surface area contributed by atoms with Crippen LogP contribution in [0.5, 0.6) is 0 Å². The van der Waals surface area contributed by atoms with Crippen LogP contribution in [0.3, 0.4) is 0 Å². The Labute approximate surface area is 124 Å². The van der Waals surface area contributed by atoms with Crippen LogP contribution in [-0.2, 0) is 0 Å². The number of aromatic nitrogens is 3. The number of benzene rings is 1. The average Bonchev–Trinajstić information content (AvgIpc) is 2.82. The van der Waals surface area contributed by atoms with Gasteiger partial charge in [0.2, 0.25) is 5.16 Å². The molecular formula is C15H22N4S. The average molecular weight is 290 g/mol. The van der Waals surface area contributed by atoms with Crippen molar-refractivity contribution >= 4 is 11.8 Å². The molecule has 1 aromatic carbocycles. The molecule has 2 N–H and O–H groups in total. The highest BCUT2D eigenvalue weighted by Gasteiger charge is 2.20. The Balaban J connectivity index is 2.12. The maximum Gasteiger partial charge on any atom is 0.208 e. The van der Waals surface area contributed by atoms with Crippen molar-refractivity contribution in [1.29, 1.82) is 0 Å². The molecular weight excluding hydrogens is 268 g/mol. The maximum atomic E-state index is 4.37. The van der Waals surface area contributed by atoms with Gasteiger partial charge in [-0.3, -0.25) is 5.10 Å². The van der Waals surface area contributed by atoms with E-state index >= 15 is 0 Å². The predicted octanol–water partition coefficient (Wildman–Crippen LogP) is 3.25. The molecule has 108 valence electrons. The van der Waals surface area contributed by atoms with Crippen molar-refractivity contribution in [1.82, 2.24) is 20.5 Å². The lowest BCUT2D eigenvalue weighted by Gasteiger charge is -2.24. The molecule has 0 spiro atoms. The van der Waals surface area contributed by atoms with Gasteiger partial charge in [-0.25, -0.2) is 4.98 Å². The lowest BCUT2D eigenvalue weighted by molar-refractivity contribution is 0.547. The summed E-state index contributed by atoms with van der Waals surface area (Å²) in [6, 6.07) is 9.01. The second kappa shape index (κ2) is 6.90. The number of hydrogen-bond acceptors (Lipinski definition) is 4. The predicted molar refractivity (Wildman–Crippen MR) is 84.0 cm³/mol. The smallest absolute Gasteiger partial charge is 0.208 e. The van der Waals surface area contributed by atoms with E-state index in [0.717, 1.165) is 17.5 Å². The van der Waals surface area contributed by atoms with Gasteiger partial charge in [-0.05, 0) is 26.0 Å². The van der Waals surface area contributed by atoms with Crippen molar-refractivity contribution in [3.8, 4) is 0 Å². The lowest BCUT2D eigenvalue weighted by Crippen LogP contribution is -2.28. The summed E-state index contributed by atoms with van der Waals surface area (Å²) in [5.74, 6) is 0.857. The van der Waals surface area contributed by atoms with Crippen LogP contribution in [-0.4, -0.2) is 27.0 Å². The monoisotopic (exact) mass is 290 g/mol. The third kappa shape index (κ3) is 3.84. The fourth-order valence-corrected chi connectivity index (χ4v) is 3.17. The Morgan fingerprint density at radius 3 is 2.50 bits per heavy atom. The first-order valence-corrected chi connectivity index (χ1v) is 7.83. The van der Waals surface area contributed by atoms with Crippen LogP contribution >= 0.6 is 11.8 Å². The molecule has 0 aliphatic carbocycles. The normalized spacial score (nSPS) is 14.2. The van der Waals surface area contributed by atoms with E-state index < -0.39 is 0 Å². The number of aryl methyl sites for hydroxylation is 2. The van der Waals surface area contributed by atoms with Gasteiger partial charge < -0.3 is 5.32 Å². The topological polar surface area (TPSA) is 53.6 Å². The van der Waals surface area contributed by atoms with Crippen LogP contribution in [0.1, 0.15) is 36.8 Å². The quantitative estimate of drug-likeness (QED) is 0.802. The molecule has 4 nitrogen and oxygen atoms in total. The number of nitrogens with one attached hydrogen (secondary N) is 2. The van der Waals surface area contributed by atoms with E-state index in [2.05, 4.69) is 65.5 Å². The van der Waals surface area contributed by atoms with Crippen molar-refractivity contribution in [3.05, 3.63) is 41.2 Å². The van der Waals surface area contributed by atoms with Gasteiger partial charge in [0.15, 0.2) is 0 Å². The molecule has 0 fully saturated rings.